The smallest absolute Gasteiger partial charge is 0.197 e. The third-order valence-electron chi connectivity index (χ3n) is 10.4. The molecule has 0 saturated carbocycles. The minimum Gasteiger partial charge on any atom is -0.512 e. The van der Waals surface area contributed by atoms with E-state index < -0.39 is 0 Å². The largest absolute Gasteiger partial charge is 0.512 e. The number of aliphatic hydroxyl groups excluding tert-OH is 1. The van der Waals surface area contributed by atoms with Crippen LogP contribution >= 0.6 is 0 Å². The molecular weight excluding hydrogens is 777 g/mol. The normalized spacial score (nSPS) is 13.8. The van der Waals surface area contributed by atoms with Gasteiger partial charge in [-0.2, -0.15) is 0 Å². The van der Waals surface area contributed by atoms with E-state index in [1.54, 1.807) is 6.26 Å². The van der Waals surface area contributed by atoms with Gasteiger partial charge in [0.15, 0.2) is 11.7 Å². The minimum atomic E-state index is -0.337. The quantitative estimate of drug-likeness (QED) is 0.0924. The maximum atomic E-state index is 12.2. The Morgan fingerprint density at radius 1 is 0.917 bits per heavy atom. The molecule has 3 heterocycles. The number of ketones is 1. The Labute approximate surface area is 298 Å². The van der Waals surface area contributed by atoms with E-state index >= 15 is 0 Å². The van der Waals surface area contributed by atoms with Crippen molar-refractivity contribution in [3.8, 4) is 0 Å². The summed E-state index contributed by atoms with van der Waals surface area (Å²) in [4.78, 5) is 17.0. The van der Waals surface area contributed by atoms with Crippen molar-refractivity contribution in [2.75, 3.05) is 12.0 Å². The van der Waals surface area contributed by atoms with Crippen molar-refractivity contribution in [3.63, 3.8) is 0 Å². The Bertz CT molecular complexity index is 1980. The number of hydrogen-bond donors (Lipinski definition) is 2. The Morgan fingerprint density at radius 3 is 2.21 bits per heavy atom. The number of nitrogens with zero attached hydrogens (tertiary/aromatic N) is 1. The number of furan rings is 2. The van der Waals surface area contributed by atoms with E-state index in [1.165, 1.54) is 17.0 Å². The summed E-state index contributed by atoms with van der Waals surface area (Å²) in [5.41, 5.74) is 5.23. The molecule has 0 amide bonds. The summed E-state index contributed by atoms with van der Waals surface area (Å²) in [6.45, 7) is 19.3. The number of rotatable bonds is 8. The van der Waals surface area contributed by atoms with Gasteiger partial charge in [0, 0.05) is 59.1 Å². The van der Waals surface area contributed by atoms with Gasteiger partial charge in [-0.1, -0.05) is 91.5 Å². The molecule has 0 spiro atoms. The van der Waals surface area contributed by atoms with Gasteiger partial charge >= 0.3 is 0 Å². The van der Waals surface area contributed by atoms with Crippen molar-refractivity contribution in [2.45, 2.75) is 93.4 Å². The minimum absolute atomic E-state index is 0. The molecule has 6 nitrogen and oxygen atoms in total. The molecule has 0 atom stereocenters. The maximum absolute atomic E-state index is 12.2. The molecule has 0 aliphatic carbocycles. The fourth-order valence-electron chi connectivity index (χ4n) is 6.14. The molecule has 2 N–H and O–H groups in total. The van der Waals surface area contributed by atoms with E-state index in [4.69, 9.17) is 13.8 Å². The van der Waals surface area contributed by atoms with Crippen molar-refractivity contribution in [2.24, 2.45) is 15.8 Å². The van der Waals surface area contributed by atoms with Crippen LogP contribution in [0, 0.1) is 16.9 Å². The average Bonchev–Trinajstić information content (AvgIpc) is 3.71. The molecule has 2 aromatic heterocycles. The van der Waals surface area contributed by atoms with Crippen molar-refractivity contribution in [3.05, 3.63) is 89.4 Å². The van der Waals surface area contributed by atoms with Crippen molar-refractivity contribution in [1.82, 2.24) is 0 Å². The second-order valence-electron chi connectivity index (χ2n) is 14.2. The zero-order valence-corrected chi connectivity index (χ0v) is 32.2. The fraction of sp³-hybridized carbons (Fsp3) is 0.415. The first-order chi connectivity index (χ1) is 22.3. The van der Waals surface area contributed by atoms with Crippen LogP contribution in [0.5, 0.6) is 0 Å². The van der Waals surface area contributed by atoms with Crippen LogP contribution < -0.4 is 5.32 Å². The number of anilines is 1. The van der Waals surface area contributed by atoms with E-state index in [1.807, 2.05) is 59.7 Å². The Kier molecular flexibility index (Phi) is 11.2. The molecule has 257 valence electrons. The molecule has 5 aromatic rings. The topological polar surface area (TPSA) is 88.0 Å². The summed E-state index contributed by atoms with van der Waals surface area (Å²) in [7, 11) is 0. The van der Waals surface area contributed by atoms with Gasteiger partial charge < -0.3 is 24.3 Å². The predicted molar refractivity (Wildman–Crippen MR) is 195 cm³/mol. The molecule has 0 unspecified atom stereocenters. The number of benzene rings is 3. The number of carbonyl (C=O) groups is 1. The molecule has 3 aromatic carbocycles. The van der Waals surface area contributed by atoms with Gasteiger partial charge in [-0.3, -0.25) is 4.79 Å². The zero-order chi connectivity index (χ0) is 34.1. The molecule has 0 saturated heterocycles. The van der Waals surface area contributed by atoms with Crippen molar-refractivity contribution < 1.29 is 38.8 Å². The van der Waals surface area contributed by atoms with Gasteiger partial charge in [0.25, 0.3) is 0 Å². The van der Waals surface area contributed by atoms with Gasteiger partial charge in [-0.25, -0.2) is 0 Å². The predicted octanol–water partition coefficient (Wildman–Crippen LogP) is 11.3. The summed E-state index contributed by atoms with van der Waals surface area (Å²) in [6.07, 6.45) is 6.47. The van der Waals surface area contributed by atoms with Gasteiger partial charge in [-0.15, -0.1) is 29.1 Å². The van der Waals surface area contributed by atoms with E-state index in [0.29, 0.717) is 6.67 Å². The van der Waals surface area contributed by atoms with Gasteiger partial charge in [-0.05, 0) is 49.3 Å². The second-order valence-corrected chi connectivity index (χ2v) is 14.2. The molecule has 1 aliphatic heterocycles. The number of fused-ring (bicyclic) bond motifs is 6. The average molecular weight is 826 g/mol. The zero-order valence-electron chi connectivity index (χ0n) is 29.8. The molecule has 0 bridgehead atoms. The van der Waals surface area contributed by atoms with Crippen molar-refractivity contribution in [1.29, 1.82) is 0 Å². The number of aliphatic hydroxyl groups is 1. The van der Waals surface area contributed by atoms with Gasteiger partial charge in [0.2, 0.25) is 0 Å². The Hall–Kier alpha value is -3.67. The first-order valence-corrected chi connectivity index (χ1v) is 16.9. The SMILES string of the molecule is CC(C)(C)c1cc(C2=NCNc3oc4ccc5occc5c4c32)[c-]c2ccccc12.CCC(C)(CC)C(=O)/C=C(\O)C(C)(CC)CC.[Ir]. The monoisotopic (exact) mass is 826 g/mol. The van der Waals surface area contributed by atoms with Crippen LogP contribution in [-0.2, 0) is 30.3 Å². The van der Waals surface area contributed by atoms with Crippen LogP contribution in [0.25, 0.3) is 32.7 Å². The Balaban J connectivity index is 0.000000251. The molecule has 48 heavy (non-hydrogen) atoms. The number of allylic oxidation sites excluding steroid dienone is 2. The maximum Gasteiger partial charge on any atom is 0.197 e. The summed E-state index contributed by atoms with van der Waals surface area (Å²) in [5.74, 6) is 1.04. The summed E-state index contributed by atoms with van der Waals surface area (Å²) >= 11 is 0. The van der Waals surface area contributed by atoms with Crippen LogP contribution in [-0.4, -0.2) is 23.3 Å². The van der Waals surface area contributed by atoms with E-state index in [2.05, 4.69) is 62.5 Å². The van der Waals surface area contributed by atoms with E-state index in [0.717, 1.165) is 75.7 Å². The molecule has 6 rings (SSSR count). The number of aliphatic imine (C=N–C) groups is 1. The number of hydrogen-bond acceptors (Lipinski definition) is 6. The molecule has 1 radical (unpaired) electrons. The standard InChI is InChI=1S/C26H21N2O2.C15H28O2.Ir/c1-26(2,3)19-13-16(12-15-6-4-5-7-17(15)19)24-23-22-18-10-11-29-20(18)8-9-21(22)30-25(23)28-14-27-24;1-7-14(5,8-2)12(16)11-13(17)15(6,9-3)10-4;/h4-11,13,28H,14H2,1-3H3;11,16H,7-10H2,1-6H3;/q-1;;/b;12-11-;. The first kappa shape index (κ1) is 37.2. The van der Waals surface area contributed by atoms with Crippen LogP contribution in [0.2, 0.25) is 0 Å². The molecule has 1 aliphatic rings. The van der Waals surface area contributed by atoms with Crippen LogP contribution in [0.1, 0.15) is 105 Å². The van der Waals surface area contributed by atoms with Crippen LogP contribution in [0.15, 0.2) is 80.5 Å². The van der Waals surface area contributed by atoms with Crippen LogP contribution in [0.4, 0.5) is 5.88 Å². The molecule has 7 heteroatoms. The summed E-state index contributed by atoms with van der Waals surface area (Å²) in [6, 6.07) is 20.2. The van der Waals surface area contributed by atoms with Crippen LogP contribution in [0.3, 0.4) is 0 Å². The summed E-state index contributed by atoms with van der Waals surface area (Å²) < 4.78 is 11.8. The number of nitrogens with one attached hydrogen (secondary N) is 1. The van der Waals surface area contributed by atoms with Gasteiger partial charge in [0.05, 0.1) is 6.26 Å². The van der Waals surface area contributed by atoms with Crippen molar-refractivity contribution >= 4 is 50.1 Å². The Morgan fingerprint density at radius 2 is 1.56 bits per heavy atom. The summed E-state index contributed by atoms with van der Waals surface area (Å²) in [5, 5.41) is 17.8. The second kappa shape index (κ2) is 14.4. The number of carbonyl (C=O) groups excluding carboxylic acids is 1. The fourth-order valence-corrected chi connectivity index (χ4v) is 6.14. The molecular formula is C41H49IrN2O4-. The first-order valence-electron chi connectivity index (χ1n) is 16.9. The third kappa shape index (κ3) is 6.90. The van der Waals surface area contributed by atoms with E-state index in [-0.39, 0.29) is 47.9 Å². The molecule has 0 fully saturated rings. The van der Waals surface area contributed by atoms with Gasteiger partial charge in [0.1, 0.15) is 23.6 Å². The van der Waals surface area contributed by atoms with E-state index in [9.17, 15) is 9.90 Å². The third-order valence-corrected chi connectivity index (χ3v) is 10.4.